The number of hydrogen-bond donors (Lipinski definition) is 1. The molecule has 1 aromatic heterocycles. The summed E-state index contributed by atoms with van der Waals surface area (Å²) in [4.78, 5) is 4.55. The summed E-state index contributed by atoms with van der Waals surface area (Å²) in [6.45, 7) is 0.548. The van der Waals surface area contributed by atoms with Gasteiger partial charge in [0.1, 0.15) is 22.4 Å². The second-order valence-corrected chi connectivity index (χ2v) is 4.32. The van der Waals surface area contributed by atoms with Gasteiger partial charge < -0.3 is 15.0 Å². The molecule has 0 saturated heterocycles. The Kier molecular flexibility index (Phi) is 3.89. The van der Waals surface area contributed by atoms with Gasteiger partial charge in [-0.15, -0.1) is 0 Å². The van der Waals surface area contributed by atoms with E-state index in [-0.39, 0.29) is 0 Å². The zero-order chi connectivity index (χ0) is 13.1. The van der Waals surface area contributed by atoms with Gasteiger partial charge in [0, 0.05) is 19.0 Å². The molecular weight excluding hydrogens is 250 g/mol. The Hall–Kier alpha value is -1.52. The molecule has 18 heavy (non-hydrogen) atoms. The summed E-state index contributed by atoms with van der Waals surface area (Å²) >= 11 is 6.32. The molecule has 2 aromatic rings. The lowest BCUT2D eigenvalue weighted by Gasteiger charge is -2.05. The van der Waals surface area contributed by atoms with Crippen molar-refractivity contribution in [3.05, 3.63) is 35.2 Å². The van der Waals surface area contributed by atoms with E-state index in [1.165, 1.54) is 0 Å². The van der Waals surface area contributed by atoms with Crippen molar-refractivity contribution in [1.82, 2.24) is 9.55 Å². The van der Waals surface area contributed by atoms with Crippen molar-refractivity contribution in [1.29, 1.82) is 0 Å². The van der Waals surface area contributed by atoms with Crippen LogP contribution in [-0.2, 0) is 13.5 Å². The van der Waals surface area contributed by atoms with Gasteiger partial charge in [0.2, 0.25) is 0 Å². The summed E-state index contributed by atoms with van der Waals surface area (Å²) in [5, 5.41) is 0.600. The molecule has 1 heterocycles. The fourth-order valence-corrected chi connectivity index (χ4v) is 2.13. The average Bonchev–Trinajstić information content (AvgIpc) is 2.67. The van der Waals surface area contributed by atoms with E-state index < -0.39 is 0 Å². The minimum atomic E-state index is 0.548. The highest BCUT2D eigenvalue weighted by molar-refractivity contribution is 6.32. The van der Waals surface area contributed by atoms with Gasteiger partial charge in [-0.2, -0.15) is 0 Å². The van der Waals surface area contributed by atoms with E-state index in [2.05, 4.69) is 4.98 Å². The summed E-state index contributed by atoms with van der Waals surface area (Å²) in [7, 11) is 3.52. The number of nitrogens with zero attached hydrogens (tertiary/aromatic N) is 2. The molecule has 0 aliphatic carbocycles. The van der Waals surface area contributed by atoms with Crippen LogP contribution in [0.25, 0.3) is 11.3 Å². The van der Waals surface area contributed by atoms with Gasteiger partial charge >= 0.3 is 0 Å². The maximum atomic E-state index is 6.32. The lowest BCUT2D eigenvalue weighted by molar-refractivity contribution is 0.416. The molecule has 0 atom stereocenters. The molecule has 2 N–H and O–H groups in total. The van der Waals surface area contributed by atoms with E-state index >= 15 is 0 Å². The van der Waals surface area contributed by atoms with E-state index in [1.54, 1.807) is 7.11 Å². The number of benzene rings is 1. The van der Waals surface area contributed by atoms with Crippen LogP contribution in [0.3, 0.4) is 0 Å². The number of nitrogens with two attached hydrogens (primary N) is 1. The van der Waals surface area contributed by atoms with Crippen molar-refractivity contribution in [3.63, 3.8) is 0 Å². The second-order valence-electron chi connectivity index (χ2n) is 3.97. The van der Waals surface area contributed by atoms with E-state index in [1.807, 2.05) is 35.9 Å². The van der Waals surface area contributed by atoms with Crippen LogP contribution in [0.4, 0.5) is 0 Å². The lowest BCUT2D eigenvalue weighted by Crippen LogP contribution is -2.07. The van der Waals surface area contributed by atoms with Crippen LogP contribution in [0.5, 0.6) is 5.75 Å². The zero-order valence-corrected chi connectivity index (χ0v) is 11.2. The van der Waals surface area contributed by atoms with E-state index in [9.17, 15) is 0 Å². The van der Waals surface area contributed by atoms with Crippen LogP contribution in [0.15, 0.2) is 24.3 Å². The van der Waals surface area contributed by atoms with Gasteiger partial charge in [0.05, 0.1) is 7.11 Å². The highest BCUT2D eigenvalue weighted by atomic mass is 35.5. The van der Waals surface area contributed by atoms with Crippen LogP contribution in [0.1, 0.15) is 5.82 Å². The van der Waals surface area contributed by atoms with Crippen LogP contribution < -0.4 is 10.5 Å². The monoisotopic (exact) mass is 265 g/mol. The molecule has 0 radical (unpaired) electrons. The Bertz CT molecular complexity index is 551. The summed E-state index contributed by atoms with van der Waals surface area (Å²) in [5.41, 5.74) is 7.19. The average molecular weight is 266 g/mol. The van der Waals surface area contributed by atoms with Crippen molar-refractivity contribution in [3.8, 4) is 17.0 Å². The van der Waals surface area contributed by atoms with Crippen molar-refractivity contribution in [2.24, 2.45) is 12.8 Å². The molecule has 1 aromatic carbocycles. The second kappa shape index (κ2) is 5.42. The minimum Gasteiger partial charge on any atom is -0.496 e. The summed E-state index contributed by atoms with van der Waals surface area (Å²) < 4.78 is 7.19. The topological polar surface area (TPSA) is 53.1 Å². The number of imidazole rings is 1. The van der Waals surface area contributed by atoms with Gasteiger partial charge in [-0.1, -0.05) is 23.7 Å². The molecule has 5 heteroatoms. The molecule has 0 saturated carbocycles. The van der Waals surface area contributed by atoms with Gasteiger partial charge in [0.15, 0.2) is 0 Å². The first kappa shape index (κ1) is 12.9. The summed E-state index contributed by atoms with van der Waals surface area (Å²) in [5.74, 6) is 1.64. The normalized spacial score (nSPS) is 10.7. The molecule has 0 unspecified atom stereocenters. The molecule has 0 spiro atoms. The van der Waals surface area contributed by atoms with E-state index in [0.29, 0.717) is 18.1 Å². The first-order valence-corrected chi connectivity index (χ1v) is 6.11. The molecule has 0 amide bonds. The standard InChI is InChI=1S/C13H16ClN3O/c1-17-11(7-8-15)16-12(13(17)14)9-5-3-4-6-10(9)18-2/h3-6H,7-8,15H2,1-2H3. The molecule has 0 aliphatic heterocycles. The van der Waals surface area contributed by atoms with Crippen LogP contribution >= 0.6 is 11.6 Å². The maximum absolute atomic E-state index is 6.32. The van der Waals surface area contributed by atoms with Crippen molar-refractivity contribution < 1.29 is 4.74 Å². The number of ether oxygens (including phenoxy) is 1. The Balaban J connectivity index is 2.54. The number of aromatic nitrogens is 2. The first-order chi connectivity index (χ1) is 8.69. The Morgan fingerprint density at radius 1 is 1.39 bits per heavy atom. The third-order valence-electron chi connectivity index (χ3n) is 2.85. The van der Waals surface area contributed by atoms with Crippen molar-refractivity contribution in [2.75, 3.05) is 13.7 Å². The fraction of sp³-hybridized carbons (Fsp3) is 0.308. The van der Waals surface area contributed by atoms with Gasteiger partial charge in [-0.05, 0) is 18.7 Å². The lowest BCUT2D eigenvalue weighted by atomic mass is 10.1. The number of methoxy groups -OCH3 is 1. The fourth-order valence-electron chi connectivity index (χ4n) is 1.89. The largest absolute Gasteiger partial charge is 0.496 e. The molecule has 0 bridgehead atoms. The molecule has 96 valence electrons. The van der Waals surface area contributed by atoms with E-state index in [4.69, 9.17) is 22.1 Å². The predicted octanol–water partition coefficient (Wildman–Crippen LogP) is 2.25. The molecule has 4 nitrogen and oxygen atoms in total. The maximum Gasteiger partial charge on any atom is 0.136 e. The molecule has 2 rings (SSSR count). The highest BCUT2D eigenvalue weighted by Gasteiger charge is 2.16. The SMILES string of the molecule is COc1ccccc1-c1nc(CCN)n(C)c1Cl. The molecule has 0 aliphatic rings. The van der Waals surface area contributed by atoms with Gasteiger partial charge in [-0.3, -0.25) is 0 Å². The van der Waals surface area contributed by atoms with Crippen LogP contribution in [0.2, 0.25) is 5.15 Å². The molecular formula is C13H16ClN3O. The third kappa shape index (κ3) is 2.21. The van der Waals surface area contributed by atoms with E-state index in [0.717, 1.165) is 22.8 Å². The van der Waals surface area contributed by atoms with Crippen molar-refractivity contribution >= 4 is 11.6 Å². The van der Waals surface area contributed by atoms with Crippen LogP contribution in [-0.4, -0.2) is 23.2 Å². The number of halogens is 1. The van der Waals surface area contributed by atoms with Crippen LogP contribution in [0, 0.1) is 0 Å². The quantitative estimate of drug-likeness (QED) is 0.923. The number of rotatable bonds is 4. The third-order valence-corrected chi connectivity index (χ3v) is 3.28. The van der Waals surface area contributed by atoms with Gasteiger partial charge in [0.25, 0.3) is 0 Å². The molecule has 0 fully saturated rings. The Morgan fingerprint density at radius 2 is 2.11 bits per heavy atom. The number of para-hydroxylation sites is 1. The first-order valence-electron chi connectivity index (χ1n) is 5.73. The minimum absolute atomic E-state index is 0.548. The predicted molar refractivity (Wildman–Crippen MR) is 73.0 cm³/mol. The Labute approximate surface area is 111 Å². The summed E-state index contributed by atoms with van der Waals surface area (Å²) in [6.07, 6.45) is 0.700. The summed E-state index contributed by atoms with van der Waals surface area (Å²) in [6, 6.07) is 7.69. The number of hydrogen-bond acceptors (Lipinski definition) is 3. The highest BCUT2D eigenvalue weighted by Crippen LogP contribution is 2.34. The smallest absolute Gasteiger partial charge is 0.136 e. The van der Waals surface area contributed by atoms with Gasteiger partial charge in [-0.25, -0.2) is 4.98 Å². The zero-order valence-electron chi connectivity index (χ0n) is 10.5. The van der Waals surface area contributed by atoms with Crippen molar-refractivity contribution in [2.45, 2.75) is 6.42 Å². The Morgan fingerprint density at radius 3 is 2.78 bits per heavy atom.